The number of rotatable bonds is 8. The average molecular weight is 347 g/mol. The first kappa shape index (κ1) is 19.9. The molecule has 0 unspecified atom stereocenters. The molecule has 1 rings (SSSR count). The van der Waals surface area contributed by atoms with Crippen LogP contribution in [0.15, 0.2) is 0 Å². The lowest BCUT2D eigenvalue weighted by Crippen LogP contribution is -2.50. The highest BCUT2D eigenvalue weighted by Gasteiger charge is 2.24. The van der Waals surface area contributed by atoms with Crippen LogP contribution < -0.4 is 0 Å². The van der Waals surface area contributed by atoms with Crippen LogP contribution in [0.4, 0.5) is 0 Å². The second-order valence-corrected chi connectivity index (χ2v) is 7.99. The van der Waals surface area contributed by atoms with E-state index in [1.807, 2.05) is 0 Å². The zero-order chi connectivity index (χ0) is 17.5. The molecule has 23 heavy (non-hydrogen) atoms. The van der Waals surface area contributed by atoms with Crippen molar-refractivity contribution in [1.29, 1.82) is 0 Å². The summed E-state index contributed by atoms with van der Waals surface area (Å²) < 4.78 is 25.0. The maximum Gasteiger partial charge on any atom is 0.224 e. The normalized spacial score (nSPS) is 16.0. The Morgan fingerprint density at radius 1 is 1.00 bits per heavy atom. The fourth-order valence-corrected chi connectivity index (χ4v) is 3.51. The van der Waals surface area contributed by atoms with E-state index in [0.717, 1.165) is 19.3 Å². The van der Waals surface area contributed by atoms with Crippen molar-refractivity contribution in [1.82, 2.24) is 14.1 Å². The molecule has 0 radical (unpaired) electrons. The van der Waals surface area contributed by atoms with E-state index >= 15 is 0 Å². The molecule has 8 heteroatoms. The zero-order valence-electron chi connectivity index (χ0n) is 14.5. The number of piperazine rings is 1. The Labute approximate surface area is 139 Å². The van der Waals surface area contributed by atoms with E-state index < -0.39 is 10.0 Å². The van der Waals surface area contributed by atoms with Gasteiger partial charge < -0.3 is 9.80 Å². The van der Waals surface area contributed by atoms with Crippen LogP contribution in [-0.2, 0) is 19.6 Å². The Morgan fingerprint density at radius 2 is 1.57 bits per heavy atom. The van der Waals surface area contributed by atoms with Crippen LogP contribution in [0, 0.1) is 0 Å². The highest BCUT2D eigenvalue weighted by molar-refractivity contribution is 7.88. The molecule has 2 amide bonds. The van der Waals surface area contributed by atoms with Gasteiger partial charge in [-0.1, -0.05) is 19.8 Å². The minimum absolute atomic E-state index is 0.0243. The summed E-state index contributed by atoms with van der Waals surface area (Å²) in [5, 5.41) is 0. The summed E-state index contributed by atoms with van der Waals surface area (Å²) in [6.45, 7) is 6.43. The third-order valence-corrected chi connectivity index (χ3v) is 5.44. The van der Waals surface area contributed by atoms with Crippen molar-refractivity contribution in [2.75, 3.05) is 45.5 Å². The number of carbonyl (C=O) groups excluding carboxylic acids is 2. The molecule has 1 heterocycles. The van der Waals surface area contributed by atoms with Crippen molar-refractivity contribution >= 4 is 21.8 Å². The predicted octanol–water partition coefficient (Wildman–Crippen LogP) is 0.519. The number of carbonyl (C=O) groups is 2. The van der Waals surface area contributed by atoms with E-state index in [9.17, 15) is 18.0 Å². The van der Waals surface area contributed by atoms with E-state index in [1.54, 1.807) is 9.80 Å². The van der Waals surface area contributed by atoms with Crippen molar-refractivity contribution in [3.8, 4) is 0 Å². The molecule has 0 saturated carbocycles. The molecule has 0 aromatic heterocycles. The van der Waals surface area contributed by atoms with Crippen molar-refractivity contribution in [2.24, 2.45) is 0 Å². The van der Waals surface area contributed by atoms with E-state index in [2.05, 4.69) is 6.92 Å². The topological polar surface area (TPSA) is 78.0 Å². The fourth-order valence-electron chi connectivity index (χ4n) is 2.63. The lowest BCUT2D eigenvalue weighted by molar-refractivity contribution is -0.138. The van der Waals surface area contributed by atoms with Gasteiger partial charge in [0.25, 0.3) is 0 Å². The minimum Gasteiger partial charge on any atom is -0.339 e. The van der Waals surface area contributed by atoms with Gasteiger partial charge in [-0.2, -0.15) is 0 Å². The molecular weight excluding hydrogens is 318 g/mol. The van der Waals surface area contributed by atoms with Gasteiger partial charge in [-0.25, -0.2) is 12.7 Å². The zero-order valence-corrected chi connectivity index (χ0v) is 15.3. The molecule has 1 saturated heterocycles. The van der Waals surface area contributed by atoms with Gasteiger partial charge in [0.2, 0.25) is 21.8 Å². The van der Waals surface area contributed by atoms with Gasteiger partial charge in [0, 0.05) is 52.6 Å². The molecule has 0 aromatic rings. The Bertz CT molecular complexity index is 499. The van der Waals surface area contributed by atoms with Crippen LogP contribution in [0.1, 0.15) is 39.5 Å². The van der Waals surface area contributed by atoms with Crippen molar-refractivity contribution < 1.29 is 18.0 Å². The van der Waals surface area contributed by atoms with Gasteiger partial charge in [-0.3, -0.25) is 9.59 Å². The second kappa shape index (κ2) is 9.22. The summed E-state index contributed by atoms with van der Waals surface area (Å²) in [5.74, 6) is -0.0198. The Balaban J connectivity index is 2.45. The predicted molar refractivity (Wildman–Crippen MR) is 89.4 cm³/mol. The molecule has 0 aromatic carbocycles. The van der Waals surface area contributed by atoms with Gasteiger partial charge in [0.1, 0.15) is 0 Å². The average Bonchev–Trinajstić information content (AvgIpc) is 2.49. The van der Waals surface area contributed by atoms with E-state index in [-0.39, 0.29) is 24.8 Å². The maximum atomic E-state index is 12.2. The van der Waals surface area contributed by atoms with E-state index in [0.29, 0.717) is 32.7 Å². The summed E-state index contributed by atoms with van der Waals surface area (Å²) in [6, 6.07) is 0. The van der Waals surface area contributed by atoms with Crippen molar-refractivity contribution in [2.45, 2.75) is 39.5 Å². The number of hydrogen-bond donors (Lipinski definition) is 0. The standard InChI is InChI=1S/C15H29N3O4S/c1-4-5-6-8-18(23(3,21)22)9-7-15(20)17-12-10-16(11-13-17)14(2)19/h4-13H2,1-3H3. The largest absolute Gasteiger partial charge is 0.339 e. The van der Waals surface area contributed by atoms with Crippen LogP contribution in [0.5, 0.6) is 0 Å². The van der Waals surface area contributed by atoms with Crippen LogP contribution >= 0.6 is 0 Å². The number of sulfonamides is 1. The number of unbranched alkanes of at least 4 members (excludes halogenated alkanes) is 2. The van der Waals surface area contributed by atoms with Gasteiger partial charge in [0.05, 0.1) is 6.26 Å². The minimum atomic E-state index is -3.28. The molecule has 1 aliphatic rings. The Hall–Kier alpha value is -1.15. The molecule has 0 bridgehead atoms. The van der Waals surface area contributed by atoms with Crippen LogP contribution in [0.2, 0.25) is 0 Å². The third-order valence-electron chi connectivity index (χ3n) is 4.13. The number of hydrogen-bond acceptors (Lipinski definition) is 4. The van der Waals surface area contributed by atoms with E-state index in [4.69, 9.17) is 0 Å². The first-order chi connectivity index (χ1) is 10.8. The molecule has 0 aliphatic carbocycles. The lowest BCUT2D eigenvalue weighted by Gasteiger charge is -2.34. The smallest absolute Gasteiger partial charge is 0.224 e. The SMILES string of the molecule is CCCCCN(CCC(=O)N1CCN(C(C)=O)CC1)S(C)(=O)=O. The molecule has 1 fully saturated rings. The number of amides is 2. The van der Waals surface area contributed by atoms with Crippen molar-refractivity contribution in [3.63, 3.8) is 0 Å². The molecule has 134 valence electrons. The van der Waals surface area contributed by atoms with Crippen LogP contribution in [0.3, 0.4) is 0 Å². The molecular formula is C15H29N3O4S. The lowest BCUT2D eigenvalue weighted by atomic mass is 10.2. The van der Waals surface area contributed by atoms with Crippen molar-refractivity contribution in [3.05, 3.63) is 0 Å². The first-order valence-electron chi connectivity index (χ1n) is 8.24. The first-order valence-corrected chi connectivity index (χ1v) is 10.1. The van der Waals surface area contributed by atoms with Gasteiger partial charge in [-0.05, 0) is 6.42 Å². The van der Waals surface area contributed by atoms with Crippen LogP contribution in [0.25, 0.3) is 0 Å². The Kier molecular flexibility index (Phi) is 7.98. The van der Waals surface area contributed by atoms with E-state index in [1.165, 1.54) is 17.5 Å². The van der Waals surface area contributed by atoms with Crippen LogP contribution in [-0.4, -0.2) is 79.9 Å². The third kappa shape index (κ3) is 6.87. The summed E-state index contributed by atoms with van der Waals surface area (Å²) in [6.07, 6.45) is 4.20. The van der Waals surface area contributed by atoms with Gasteiger partial charge >= 0.3 is 0 Å². The van der Waals surface area contributed by atoms with Gasteiger partial charge in [-0.15, -0.1) is 0 Å². The highest BCUT2D eigenvalue weighted by Crippen LogP contribution is 2.08. The molecule has 7 nitrogen and oxygen atoms in total. The number of nitrogens with zero attached hydrogens (tertiary/aromatic N) is 3. The fraction of sp³-hybridized carbons (Fsp3) is 0.867. The monoisotopic (exact) mass is 347 g/mol. The quantitative estimate of drug-likeness (QED) is 0.600. The second-order valence-electron chi connectivity index (χ2n) is 6.01. The highest BCUT2D eigenvalue weighted by atomic mass is 32.2. The Morgan fingerprint density at radius 3 is 2.04 bits per heavy atom. The molecule has 0 N–H and O–H groups in total. The molecule has 0 atom stereocenters. The summed E-state index contributed by atoms with van der Waals surface area (Å²) in [4.78, 5) is 26.9. The summed E-state index contributed by atoms with van der Waals surface area (Å²) in [7, 11) is -3.28. The van der Waals surface area contributed by atoms with Gasteiger partial charge in [0.15, 0.2) is 0 Å². The molecule has 0 spiro atoms. The molecule has 1 aliphatic heterocycles. The summed E-state index contributed by atoms with van der Waals surface area (Å²) >= 11 is 0. The summed E-state index contributed by atoms with van der Waals surface area (Å²) in [5.41, 5.74) is 0. The maximum absolute atomic E-state index is 12.2.